The third kappa shape index (κ3) is 2.79. The summed E-state index contributed by atoms with van der Waals surface area (Å²) in [6.45, 7) is 1.60. The van der Waals surface area contributed by atoms with E-state index in [1.165, 1.54) is 12.1 Å². The SMILES string of the molecule is CCOc1ccc(OCCO)c(F)c1F. The summed E-state index contributed by atoms with van der Waals surface area (Å²) < 4.78 is 36.1. The molecule has 3 nitrogen and oxygen atoms in total. The van der Waals surface area contributed by atoms with Crippen molar-refractivity contribution in [1.29, 1.82) is 0 Å². The lowest BCUT2D eigenvalue weighted by Crippen LogP contribution is -2.05. The molecule has 0 radical (unpaired) electrons. The zero-order valence-corrected chi connectivity index (χ0v) is 8.30. The molecule has 15 heavy (non-hydrogen) atoms. The maximum Gasteiger partial charge on any atom is 0.204 e. The third-order valence-electron chi connectivity index (χ3n) is 1.66. The summed E-state index contributed by atoms with van der Waals surface area (Å²) in [6.07, 6.45) is 0. The normalized spacial score (nSPS) is 10.1. The molecule has 0 spiro atoms. The number of aliphatic hydroxyl groups is 1. The Hall–Kier alpha value is -1.36. The number of aliphatic hydroxyl groups excluding tert-OH is 1. The lowest BCUT2D eigenvalue weighted by Gasteiger charge is -2.09. The van der Waals surface area contributed by atoms with Crippen LogP contribution in [0.4, 0.5) is 8.78 Å². The third-order valence-corrected chi connectivity index (χ3v) is 1.66. The van der Waals surface area contributed by atoms with Gasteiger partial charge in [0.15, 0.2) is 11.5 Å². The molecule has 5 heteroatoms. The van der Waals surface area contributed by atoms with E-state index in [2.05, 4.69) is 0 Å². The van der Waals surface area contributed by atoms with Crippen molar-refractivity contribution < 1.29 is 23.4 Å². The predicted molar refractivity (Wildman–Crippen MR) is 50.1 cm³/mol. The fourth-order valence-electron chi connectivity index (χ4n) is 1.05. The molecule has 1 N–H and O–H groups in total. The second-order valence-electron chi connectivity index (χ2n) is 2.69. The van der Waals surface area contributed by atoms with Gasteiger partial charge >= 0.3 is 0 Å². The summed E-state index contributed by atoms with van der Waals surface area (Å²) in [5.41, 5.74) is 0. The Morgan fingerprint density at radius 3 is 2.13 bits per heavy atom. The van der Waals surface area contributed by atoms with E-state index in [0.29, 0.717) is 0 Å². The fourth-order valence-corrected chi connectivity index (χ4v) is 1.05. The van der Waals surface area contributed by atoms with Gasteiger partial charge in [-0.3, -0.25) is 0 Å². The molecule has 0 aromatic heterocycles. The van der Waals surface area contributed by atoms with Crippen LogP contribution in [0, 0.1) is 11.6 Å². The zero-order valence-electron chi connectivity index (χ0n) is 8.30. The minimum atomic E-state index is -1.10. The molecule has 0 saturated carbocycles. The second-order valence-corrected chi connectivity index (χ2v) is 2.69. The summed E-state index contributed by atoms with van der Waals surface area (Å²) >= 11 is 0. The monoisotopic (exact) mass is 218 g/mol. The van der Waals surface area contributed by atoms with E-state index in [-0.39, 0.29) is 31.3 Å². The largest absolute Gasteiger partial charge is 0.491 e. The van der Waals surface area contributed by atoms with Crippen molar-refractivity contribution in [2.45, 2.75) is 6.92 Å². The molecular formula is C10H12F2O3. The number of benzene rings is 1. The Kier molecular flexibility index (Phi) is 4.30. The molecule has 0 fully saturated rings. The zero-order chi connectivity index (χ0) is 11.3. The highest BCUT2D eigenvalue weighted by atomic mass is 19.2. The average molecular weight is 218 g/mol. The van der Waals surface area contributed by atoms with E-state index >= 15 is 0 Å². The van der Waals surface area contributed by atoms with E-state index in [0.717, 1.165) is 0 Å². The van der Waals surface area contributed by atoms with Gasteiger partial charge in [0.1, 0.15) is 6.61 Å². The van der Waals surface area contributed by atoms with Crippen LogP contribution in [0.2, 0.25) is 0 Å². The van der Waals surface area contributed by atoms with E-state index in [9.17, 15) is 8.78 Å². The highest BCUT2D eigenvalue weighted by Gasteiger charge is 2.14. The second kappa shape index (κ2) is 5.50. The van der Waals surface area contributed by atoms with E-state index in [1.54, 1.807) is 6.92 Å². The molecule has 0 aliphatic rings. The van der Waals surface area contributed by atoms with Crippen LogP contribution in [-0.2, 0) is 0 Å². The summed E-state index contributed by atoms with van der Waals surface area (Å²) in [6, 6.07) is 2.55. The van der Waals surface area contributed by atoms with Crippen molar-refractivity contribution in [3.8, 4) is 11.5 Å². The number of hydrogen-bond acceptors (Lipinski definition) is 3. The fraction of sp³-hybridized carbons (Fsp3) is 0.400. The Bertz CT molecular complexity index is 329. The van der Waals surface area contributed by atoms with Gasteiger partial charge in [-0.25, -0.2) is 0 Å². The minimum absolute atomic E-state index is 0.0790. The molecule has 0 saturated heterocycles. The van der Waals surface area contributed by atoms with Crippen LogP contribution in [-0.4, -0.2) is 24.9 Å². The average Bonchev–Trinajstić information content (AvgIpc) is 2.24. The Morgan fingerprint density at radius 1 is 1.13 bits per heavy atom. The first-order chi connectivity index (χ1) is 7.20. The molecular weight excluding hydrogens is 206 g/mol. The van der Waals surface area contributed by atoms with Gasteiger partial charge < -0.3 is 14.6 Å². The number of ether oxygens (including phenoxy) is 2. The van der Waals surface area contributed by atoms with Crippen molar-refractivity contribution >= 4 is 0 Å². The summed E-state index contributed by atoms with van der Waals surface area (Å²) in [5, 5.41) is 8.46. The van der Waals surface area contributed by atoms with Gasteiger partial charge in [0, 0.05) is 0 Å². The smallest absolute Gasteiger partial charge is 0.204 e. The van der Waals surface area contributed by atoms with Crippen molar-refractivity contribution in [1.82, 2.24) is 0 Å². The van der Waals surface area contributed by atoms with Gasteiger partial charge in [-0.2, -0.15) is 8.78 Å². The Morgan fingerprint density at radius 2 is 1.67 bits per heavy atom. The molecule has 1 aromatic rings. The van der Waals surface area contributed by atoms with Crippen LogP contribution in [0.1, 0.15) is 6.92 Å². The van der Waals surface area contributed by atoms with Crippen LogP contribution in [0.25, 0.3) is 0 Å². The first-order valence-electron chi connectivity index (χ1n) is 4.55. The molecule has 0 unspecified atom stereocenters. The lowest BCUT2D eigenvalue weighted by atomic mass is 10.3. The minimum Gasteiger partial charge on any atom is -0.491 e. The number of halogens is 2. The molecule has 0 atom stereocenters. The summed E-state index contributed by atoms with van der Waals surface area (Å²) in [4.78, 5) is 0. The molecule has 1 rings (SSSR count). The summed E-state index contributed by atoms with van der Waals surface area (Å²) in [5.74, 6) is -2.56. The molecule has 0 bridgehead atoms. The summed E-state index contributed by atoms with van der Waals surface area (Å²) in [7, 11) is 0. The van der Waals surface area contributed by atoms with Gasteiger partial charge in [0.05, 0.1) is 13.2 Å². The molecule has 0 aliphatic carbocycles. The first-order valence-corrected chi connectivity index (χ1v) is 4.55. The van der Waals surface area contributed by atoms with Crippen LogP contribution >= 0.6 is 0 Å². The predicted octanol–water partition coefficient (Wildman–Crippen LogP) is 1.73. The maximum atomic E-state index is 13.2. The Balaban J connectivity index is 2.88. The van der Waals surface area contributed by atoms with E-state index in [1.807, 2.05) is 0 Å². The van der Waals surface area contributed by atoms with E-state index in [4.69, 9.17) is 14.6 Å². The van der Waals surface area contributed by atoms with Crippen LogP contribution in [0.5, 0.6) is 11.5 Å². The maximum absolute atomic E-state index is 13.2. The molecule has 0 heterocycles. The van der Waals surface area contributed by atoms with Crippen molar-refractivity contribution in [2.24, 2.45) is 0 Å². The van der Waals surface area contributed by atoms with Gasteiger partial charge in [0.2, 0.25) is 11.6 Å². The quantitative estimate of drug-likeness (QED) is 0.818. The Labute approximate surface area is 86.2 Å². The molecule has 1 aromatic carbocycles. The van der Waals surface area contributed by atoms with Crippen molar-refractivity contribution in [3.05, 3.63) is 23.8 Å². The molecule has 0 amide bonds. The standard InChI is InChI=1S/C10H12F2O3/c1-2-14-7-3-4-8(15-6-5-13)10(12)9(7)11/h3-4,13H,2,5-6H2,1H3. The molecule has 0 aliphatic heterocycles. The van der Waals surface area contributed by atoms with Gasteiger partial charge in [-0.15, -0.1) is 0 Å². The highest BCUT2D eigenvalue weighted by Crippen LogP contribution is 2.27. The van der Waals surface area contributed by atoms with Crippen LogP contribution in [0.15, 0.2) is 12.1 Å². The van der Waals surface area contributed by atoms with Crippen LogP contribution < -0.4 is 9.47 Å². The van der Waals surface area contributed by atoms with Crippen molar-refractivity contribution in [3.63, 3.8) is 0 Å². The van der Waals surface area contributed by atoms with Crippen LogP contribution in [0.3, 0.4) is 0 Å². The lowest BCUT2D eigenvalue weighted by molar-refractivity contribution is 0.194. The van der Waals surface area contributed by atoms with Gasteiger partial charge in [-0.05, 0) is 19.1 Å². The highest BCUT2D eigenvalue weighted by molar-refractivity contribution is 5.34. The van der Waals surface area contributed by atoms with Gasteiger partial charge in [0.25, 0.3) is 0 Å². The first kappa shape index (κ1) is 11.7. The van der Waals surface area contributed by atoms with Gasteiger partial charge in [-0.1, -0.05) is 0 Å². The topological polar surface area (TPSA) is 38.7 Å². The van der Waals surface area contributed by atoms with Crippen molar-refractivity contribution in [2.75, 3.05) is 19.8 Å². The van der Waals surface area contributed by atoms with E-state index < -0.39 is 11.6 Å². The number of hydrogen-bond donors (Lipinski definition) is 1. The molecule has 84 valence electrons. The number of rotatable bonds is 5.